The van der Waals surface area contributed by atoms with Crippen molar-refractivity contribution in [2.45, 2.75) is 31.0 Å². The van der Waals surface area contributed by atoms with Gasteiger partial charge in [-0.25, -0.2) is 0 Å². The van der Waals surface area contributed by atoms with E-state index in [0.717, 1.165) is 33.4 Å². The molecule has 0 N–H and O–H groups in total. The minimum absolute atomic E-state index is 0.00358. The average molecular weight is 540 g/mol. The largest absolute Gasteiger partial charge is 0.460 e. The highest BCUT2D eigenvalue weighted by atomic mass is 16.5. The minimum Gasteiger partial charge on any atom is -0.460 e. The van der Waals surface area contributed by atoms with Crippen LogP contribution < -0.4 is 0 Å². The van der Waals surface area contributed by atoms with Crippen LogP contribution in [-0.2, 0) is 26.5 Å². The van der Waals surface area contributed by atoms with E-state index in [-0.39, 0.29) is 18.9 Å². The SMILES string of the molecule is C=CCC1(CC=C)C(=O)CN(C2(c3ccccc3)c3ccccc3-c3ccccc32)[C@@H]1C(=O)OCc1ccccc1. The van der Waals surface area contributed by atoms with Crippen molar-refractivity contribution in [3.8, 4) is 11.1 Å². The van der Waals surface area contributed by atoms with Crippen molar-refractivity contribution < 1.29 is 14.3 Å². The van der Waals surface area contributed by atoms with Gasteiger partial charge in [-0.2, -0.15) is 0 Å². The summed E-state index contributed by atoms with van der Waals surface area (Å²) in [5.74, 6) is -0.420. The van der Waals surface area contributed by atoms with Crippen molar-refractivity contribution >= 4 is 11.8 Å². The Kier molecular flexibility index (Phi) is 7.02. The van der Waals surface area contributed by atoms with Crippen LogP contribution in [0.15, 0.2) is 135 Å². The molecule has 1 fully saturated rings. The lowest BCUT2D eigenvalue weighted by Crippen LogP contribution is -2.56. The molecule has 0 unspecified atom stereocenters. The molecule has 1 saturated heterocycles. The van der Waals surface area contributed by atoms with Crippen molar-refractivity contribution in [1.29, 1.82) is 0 Å². The molecule has 4 aromatic rings. The highest BCUT2D eigenvalue weighted by molar-refractivity contribution is 5.98. The molecule has 4 nitrogen and oxygen atoms in total. The van der Waals surface area contributed by atoms with Crippen molar-refractivity contribution in [3.63, 3.8) is 0 Å². The van der Waals surface area contributed by atoms with Crippen molar-refractivity contribution in [2.75, 3.05) is 6.54 Å². The first-order valence-corrected chi connectivity index (χ1v) is 14.0. The molecule has 0 bridgehead atoms. The molecule has 1 atom stereocenters. The second-order valence-corrected chi connectivity index (χ2v) is 10.9. The Labute approximate surface area is 241 Å². The van der Waals surface area contributed by atoms with Gasteiger partial charge in [0.05, 0.1) is 17.5 Å². The monoisotopic (exact) mass is 539 g/mol. The molecule has 0 spiro atoms. The number of Topliss-reactive ketones (excluding diaryl/α,β-unsaturated/α-hetero) is 1. The third kappa shape index (κ3) is 4.10. The molecule has 204 valence electrons. The molecule has 6 rings (SSSR count). The summed E-state index contributed by atoms with van der Waals surface area (Å²) in [4.78, 5) is 30.8. The number of carbonyl (C=O) groups is 2. The second-order valence-electron chi connectivity index (χ2n) is 10.9. The van der Waals surface area contributed by atoms with Gasteiger partial charge in [0.2, 0.25) is 0 Å². The van der Waals surface area contributed by atoms with E-state index in [2.05, 4.69) is 54.5 Å². The fourth-order valence-corrected chi connectivity index (χ4v) is 7.05. The van der Waals surface area contributed by atoms with Gasteiger partial charge in [0.15, 0.2) is 5.78 Å². The van der Waals surface area contributed by atoms with Crippen LogP contribution >= 0.6 is 0 Å². The van der Waals surface area contributed by atoms with E-state index >= 15 is 0 Å². The zero-order valence-electron chi connectivity index (χ0n) is 23.0. The van der Waals surface area contributed by atoms with Gasteiger partial charge < -0.3 is 4.74 Å². The molecule has 4 aromatic carbocycles. The van der Waals surface area contributed by atoms with Crippen LogP contribution in [0.2, 0.25) is 0 Å². The standard InChI is InChI=1S/C37H33NO3/c1-3-23-36(24-4-2)33(39)25-38(34(36)35(40)41-26-27-15-7-5-8-16-27)37(28-17-9-6-10-18-28)31-21-13-11-19-29(31)30-20-12-14-22-32(30)37/h3-22,34H,1-2,23-26H2/t34-/m1/s1. The summed E-state index contributed by atoms with van der Waals surface area (Å²) in [7, 11) is 0. The summed E-state index contributed by atoms with van der Waals surface area (Å²) in [6.45, 7) is 8.19. The van der Waals surface area contributed by atoms with E-state index < -0.39 is 23.0 Å². The van der Waals surface area contributed by atoms with Crippen molar-refractivity contribution in [2.24, 2.45) is 5.41 Å². The van der Waals surface area contributed by atoms with Crippen LogP contribution in [0.4, 0.5) is 0 Å². The Balaban J connectivity index is 1.60. The van der Waals surface area contributed by atoms with E-state index in [1.807, 2.05) is 72.8 Å². The van der Waals surface area contributed by atoms with E-state index in [9.17, 15) is 9.59 Å². The van der Waals surface area contributed by atoms with Crippen molar-refractivity contribution in [3.05, 3.63) is 157 Å². The first-order valence-electron chi connectivity index (χ1n) is 14.0. The number of likely N-dealkylation sites (tertiary alicyclic amines) is 1. The second kappa shape index (κ2) is 10.8. The molecular weight excluding hydrogens is 506 g/mol. The highest BCUT2D eigenvalue weighted by Crippen LogP contribution is 2.58. The van der Waals surface area contributed by atoms with Gasteiger partial charge in [0.1, 0.15) is 12.6 Å². The zero-order chi connectivity index (χ0) is 28.5. The van der Waals surface area contributed by atoms with Crippen LogP contribution in [0, 0.1) is 5.41 Å². The number of carbonyl (C=O) groups excluding carboxylic acids is 2. The zero-order valence-corrected chi connectivity index (χ0v) is 23.0. The number of rotatable bonds is 9. The Hall–Kier alpha value is -4.54. The highest BCUT2D eigenvalue weighted by Gasteiger charge is 2.64. The lowest BCUT2D eigenvalue weighted by Gasteiger charge is -2.45. The van der Waals surface area contributed by atoms with E-state index in [0.29, 0.717) is 12.8 Å². The lowest BCUT2D eigenvalue weighted by atomic mass is 9.72. The number of hydrogen-bond donors (Lipinski definition) is 0. The topological polar surface area (TPSA) is 46.6 Å². The number of ketones is 1. The molecule has 41 heavy (non-hydrogen) atoms. The van der Waals surface area contributed by atoms with Gasteiger partial charge in [-0.1, -0.05) is 121 Å². The molecule has 0 radical (unpaired) electrons. The van der Waals surface area contributed by atoms with Gasteiger partial charge >= 0.3 is 5.97 Å². The predicted octanol–water partition coefficient (Wildman–Crippen LogP) is 7.09. The van der Waals surface area contributed by atoms with E-state index in [4.69, 9.17) is 4.74 Å². The predicted molar refractivity (Wildman–Crippen MR) is 162 cm³/mol. The Morgan fingerprint density at radius 1 is 0.780 bits per heavy atom. The van der Waals surface area contributed by atoms with Crippen molar-refractivity contribution in [1.82, 2.24) is 4.90 Å². The maximum Gasteiger partial charge on any atom is 0.324 e. The minimum atomic E-state index is -1.05. The summed E-state index contributed by atoms with van der Waals surface area (Å²) in [5, 5.41) is 0. The van der Waals surface area contributed by atoms with Gasteiger partial charge in [0.25, 0.3) is 0 Å². The first-order chi connectivity index (χ1) is 20.1. The number of ether oxygens (including phenoxy) is 1. The summed E-state index contributed by atoms with van der Waals surface area (Å²) < 4.78 is 6.05. The summed E-state index contributed by atoms with van der Waals surface area (Å²) in [6, 6.07) is 35.6. The quantitative estimate of drug-likeness (QED) is 0.168. The Morgan fingerprint density at radius 2 is 1.29 bits per heavy atom. The average Bonchev–Trinajstić information content (AvgIpc) is 3.47. The molecule has 1 heterocycles. The molecule has 0 amide bonds. The number of fused-ring (bicyclic) bond motifs is 3. The van der Waals surface area contributed by atoms with Crippen LogP contribution in [0.1, 0.15) is 35.1 Å². The third-order valence-corrected chi connectivity index (χ3v) is 8.71. The van der Waals surface area contributed by atoms with Crippen LogP contribution in [0.25, 0.3) is 11.1 Å². The molecule has 0 aromatic heterocycles. The molecule has 2 aliphatic rings. The van der Waals surface area contributed by atoms with Crippen LogP contribution in [0.5, 0.6) is 0 Å². The third-order valence-electron chi connectivity index (χ3n) is 8.71. The number of benzene rings is 4. The van der Waals surface area contributed by atoms with Crippen LogP contribution in [-0.4, -0.2) is 29.2 Å². The van der Waals surface area contributed by atoms with Gasteiger partial charge in [-0.3, -0.25) is 14.5 Å². The fourth-order valence-electron chi connectivity index (χ4n) is 7.05. The Morgan fingerprint density at radius 3 is 1.85 bits per heavy atom. The molecule has 1 aliphatic heterocycles. The fraction of sp³-hybridized carbons (Fsp3) is 0.189. The number of esters is 1. The van der Waals surface area contributed by atoms with Gasteiger partial charge in [0, 0.05) is 0 Å². The first kappa shape index (κ1) is 26.7. The summed E-state index contributed by atoms with van der Waals surface area (Å²) in [6.07, 6.45) is 4.17. The van der Waals surface area contributed by atoms with E-state index in [1.165, 1.54) is 0 Å². The van der Waals surface area contributed by atoms with E-state index in [1.54, 1.807) is 12.2 Å². The molecular formula is C37H33NO3. The maximum absolute atomic E-state index is 14.4. The molecule has 0 saturated carbocycles. The smallest absolute Gasteiger partial charge is 0.324 e. The van der Waals surface area contributed by atoms with Crippen LogP contribution in [0.3, 0.4) is 0 Å². The Bertz CT molecular complexity index is 1550. The molecule has 1 aliphatic carbocycles. The normalized spacial score (nSPS) is 18.3. The summed E-state index contributed by atoms with van der Waals surface area (Å²) in [5.41, 5.74) is 4.25. The van der Waals surface area contributed by atoms with Gasteiger partial charge in [-0.05, 0) is 46.2 Å². The summed E-state index contributed by atoms with van der Waals surface area (Å²) >= 11 is 0. The lowest BCUT2D eigenvalue weighted by molar-refractivity contribution is -0.157. The van der Waals surface area contributed by atoms with Gasteiger partial charge in [-0.15, -0.1) is 13.2 Å². The molecule has 4 heteroatoms. The maximum atomic E-state index is 14.4. The number of nitrogens with zero attached hydrogens (tertiary/aromatic N) is 1. The number of allylic oxidation sites excluding steroid dienone is 2. The number of hydrogen-bond acceptors (Lipinski definition) is 4.